The lowest BCUT2D eigenvalue weighted by atomic mass is 10.1. The molecule has 0 spiro atoms. The van der Waals surface area contributed by atoms with Crippen molar-refractivity contribution in [2.24, 2.45) is 0 Å². The fourth-order valence-corrected chi connectivity index (χ4v) is 3.44. The van der Waals surface area contributed by atoms with Crippen LogP contribution >= 0.6 is 11.6 Å². The molecule has 5 nitrogen and oxygen atoms in total. The summed E-state index contributed by atoms with van der Waals surface area (Å²) in [7, 11) is 0. The molecule has 0 radical (unpaired) electrons. The van der Waals surface area contributed by atoms with Crippen LogP contribution in [-0.2, 0) is 0 Å². The molecule has 3 rings (SSSR count). The van der Waals surface area contributed by atoms with Crippen molar-refractivity contribution in [1.82, 2.24) is 15.3 Å². The normalized spacial score (nSPS) is 20.0. The van der Waals surface area contributed by atoms with Gasteiger partial charge in [-0.3, -0.25) is 4.79 Å². The van der Waals surface area contributed by atoms with Crippen molar-refractivity contribution in [3.63, 3.8) is 0 Å². The number of halogens is 1. The van der Waals surface area contributed by atoms with E-state index in [2.05, 4.69) is 20.2 Å². The van der Waals surface area contributed by atoms with E-state index in [4.69, 9.17) is 11.6 Å². The Morgan fingerprint density at radius 1 is 1.14 bits per heavy atom. The van der Waals surface area contributed by atoms with E-state index in [1.54, 1.807) is 6.20 Å². The maximum atomic E-state index is 12.5. The summed E-state index contributed by atoms with van der Waals surface area (Å²) >= 11 is 6.14. The highest BCUT2D eigenvalue weighted by Crippen LogP contribution is 2.21. The average Bonchev–Trinajstić information content (AvgIpc) is 2.93. The van der Waals surface area contributed by atoms with Crippen LogP contribution < -0.4 is 10.2 Å². The van der Waals surface area contributed by atoms with Crippen LogP contribution in [0.5, 0.6) is 0 Å². The monoisotopic (exact) mass is 322 g/mol. The number of nitrogens with zero attached hydrogens (tertiary/aromatic N) is 3. The number of carbonyl (C=O) groups excluding carboxylic acids is 1. The molecule has 1 amide bonds. The Kier molecular flexibility index (Phi) is 5.13. The molecular formula is C16H23ClN4O. The third kappa shape index (κ3) is 3.69. The minimum atomic E-state index is -0.167. The van der Waals surface area contributed by atoms with Gasteiger partial charge in [0, 0.05) is 19.1 Å². The van der Waals surface area contributed by atoms with Gasteiger partial charge in [0.05, 0.1) is 11.2 Å². The second-order valence-corrected chi connectivity index (χ2v) is 6.63. The van der Waals surface area contributed by atoms with Gasteiger partial charge >= 0.3 is 0 Å². The number of hydrogen-bond donors (Lipinski definition) is 1. The van der Waals surface area contributed by atoms with Crippen LogP contribution in [0, 0.1) is 0 Å². The Bertz CT molecular complexity index is 523. The van der Waals surface area contributed by atoms with Gasteiger partial charge in [-0.2, -0.15) is 0 Å². The van der Waals surface area contributed by atoms with Crippen molar-refractivity contribution in [2.45, 2.75) is 57.4 Å². The summed E-state index contributed by atoms with van der Waals surface area (Å²) in [5.74, 6) is 0.452. The molecule has 6 heteroatoms. The van der Waals surface area contributed by atoms with Crippen LogP contribution in [0.4, 0.5) is 5.95 Å². The summed E-state index contributed by atoms with van der Waals surface area (Å²) in [5.41, 5.74) is 0.308. The number of aromatic nitrogens is 2. The van der Waals surface area contributed by atoms with Crippen molar-refractivity contribution in [2.75, 3.05) is 18.0 Å². The lowest BCUT2D eigenvalue weighted by Crippen LogP contribution is -2.35. The fourth-order valence-electron chi connectivity index (χ4n) is 3.26. The molecule has 22 heavy (non-hydrogen) atoms. The van der Waals surface area contributed by atoms with Gasteiger partial charge in [-0.1, -0.05) is 37.3 Å². The lowest BCUT2D eigenvalue weighted by Gasteiger charge is -2.18. The quantitative estimate of drug-likeness (QED) is 0.868. The molecule has 120 valence electrons. The third-order valence-electron chi connectivity index (χ3n) is 4.53. The Hall–Kier alpha value is -1.36. The Morgan fingerprint density at radius 3 is 2.50 bits per heavy atom. The summed E-state index contributed by atoms with van der Waals surface area (Å²) < 4.78 is 0. The van der Waals surface area contributed by atoms with Crippen LogP contribution in [0.3, 0.4) is 0 Å². The minimum absolute atomic E-state index is 0.167. The predicted octanol–water partition coefficient (Wildman–Crippen LogP) is 3.18. The van der Waals surface area contributed by atoms with E-state index < -0.39 is 0 Å². The van der Waals surface area contributed by atoms with Gasteiger partial charge in [-0.05, 0) is 25.7 Å². The summed E-state index contributed by atoms with van der Waals surface area (Å²) in [6.45, 7) is 1.90. The average molecular weight is 323 g/mol. The van der Waals surface area contributed by atoms with Crippen LogP contribution in [0.25, 0.3) is 0 Å². The van der Waals surface area contributed by atoms with E-state index >= 15 is 0 Å². The first kappa shape index (κ1) is 15.5. The van der Waals surface area contributed by atoms with Crippen molar-refractivity contribution < 1.29 is 4.79 Å². The first-order valence-electron chi connectivity index (χ1n) is 8.32. The second kappa shape index (κ2) is 7.27. The zero-order valence-corrected chi connectivity index (χ0v) is 13.6. The highest BCUT2D eigenvalue weighted by molar-refractivity contribution is 6.33. The fraction of sp³-hybridized carbons (Fsp3) is 0.688. The molecule has 1 aliphatic carbocycles. The van der Waals surface area contributed by atoms with Crippen LogP contribution in [-0.4, -0.2) is 35.0 Å². The lowest BCUT2D eigenvalue weighted by molar-refractivity contribution is 0.0928. The molecule has 2 aliphatic rings. The number of nitrogens with one attached hydrogen (secondary N) is 1. The molecule has 0 bridgehead atoms. The van der Waals surface area contributed by atoms with Crippen LogP contribution in [0.1, 0.15) is 61.9 Å². The van der Waals surface area contributed by atoms with E-state index in [1.807, 2.05) is 0 Å². The molecule has 1 aliphatic heterocycles. The van der Waals surface area contributed by atoms with Gasteiger partial charge in [-0.25, -0.2) is 9.97 Å². The first-order chi connectivity index (χ1) is 10.7. The van der Waals surface area contributed by atoms with Crippen LogP contribution in [0.15, 0.2) is 6.20 Å². The number of hydrogen-bond acceptors (Lipinski definition) is 4. The van der Waals surface area contributed by atoms with E-state index in [0.29, 0.717) is 16.7 Å². The van der Waals surface area contributed by atoms with E-state index in [0.717, 1.165) is 38.8 Å². The molecule has 1 saturated carbocycles. The zero-order valence-electron chi connectivity index (χ0n) is 12.9. The Morgan fingerprint density at radius 2 is 1.82 bits per heavy atom. The first-order valence-corrected chi connectivity index (χ1v) is 8.70. The maximum absolute atomic E-state index is 12.5. The van der Waals surface area contributed by atoms with Crippen molar-refractivity contribution in [3.8, 4) is 0 Å². The summed E-state index contributed by atoms with van der Waals surface area (Å²) in [5, 5.41) is 3.43. The van der Waals surface area contributed by atoms with Gasteiger partial charge in [-0.15, -0.1) is 0 Å². The molecule has 2 heterocycles. The number of amides is 1. The zero-order chi connectivity index (χ0) is 15.4. The van der Waals surface area contributed by atoms with Crippen molar-refractivity contribution in [3.05, 3.63) is 16.9 Å². The summed E-state index contributed by atoms with van der Waals surface area (Å²) in [4.78, 5) is 23.3. The molecule has 1 aromatic rings. The Labute approximate surface area is 136 Å². The van der Waals surface area contributed by atoms with Gasteiger partial charge < -0.3 is 10.2 Å². The molecule has 0 aromatic carbocycles. The van der Waals surface area contributed by atoms with Gasteiger partial charge in [0.15, 0.2) is 5.69 Å². The molecule has 1 aromatic heterocycles. The highest BCUT2D eigenvalue weighted by atomic mass is 35.5. The topological polar surface area (TPSA) is 58.1 Å². The molecule has 1 saturated heterocycles. The number of anilines is 1. The van der Waals surface area contributed by atoms with Gasteiger partial charge in [0.2, 0.25) is 5.95 Å². The largest absolute Gasteiger partial charge is 0.348 e. The number of rotatable bonds is 3. The minimum Gasteiger partial charge on any atom is -0.348 e. The molecular weight excluding hydrogens is 300 g/mol. The predicted molar refractivity (Wildman–Crippen MR) is 87.4 cm³/mol. The molecule has 0 unspecified atom stereocenters. The Balaban J connectivity index is 1.71. The van der Waals surface area contributed by atoms with Gasteiger partial charge in [0.1, 0.15) is 0 Å². The molecule has 0 atom stereocenters. The van der Waals surface area contributed by atoms with Crippen LogP contribution in [0.2, 0.25) is 5.02 Å². The SMILES string of the molecule is O=C(NC1CCCCCC1)c1nc(N2CCCC2)ncc1Cl. The maximum Gasteiger partial charge on any atom is 0.271 e. The van der Waals surface area contributed by atoms with E-state index in [-0.39, 0.29) is 11.9 Å². The molecule has 2 fully saturated rings. The van der Waals surface area contributed by atoms with Crippen molar-refractivity contribution >= 4 is 23.5 Å². The number of carbonyl (C=O) groups is 1. The highest BCUT2D eigenvalue weighted by Gasteiger charge is 2.22. The van der Waals surface area contributed by atoms with E-state index in [9.17, 15) is 4.79 Å². The van der Waals surface area contributed by atoms with Gasteiger partial charge in [0.25, 0.3) is 5.91 Å². The van der Waals surface area contributed by atoms with Crippen molar-refractivity contribution in [1.29, 1.82) is 0 Å². The summed E-state index contributed by atoms with van der Waals surface area (Å²) in [6.07, 6.45) is 10.8. The smallest absolute Gasteiger partial charge is 0.271 e. The standard InChI is InChI=1S/C16H23ClN4O/c17-13-11-18-16(21-9-5-6-10-21)20-14(13)15(22)19-12-7-3-1-2-4-8-12/h11-12H,1-10H2,(H,19,22). The van der Waals surface area contributed by atoms with E-state index in [1.165, 1.54) is 25.7 Å². The molecule has 1 N–H and O–H groups in total. The third-order valence-corrected chi connectivity index (χ3v) is 4.80. The summed E-state index contributed by atoms with van der Waals surface area (Å²) in [6, 6.07) is 0.247. The second-order valence-electron chi connectivity index (χ2n) is 6.22.